The van der Waals surface area contributed by atoms with E-state index in [4.69, 9.17) is 49.5 Å². The Bertz CT molecular complexity index is 1020. The van der Waals surface area contributed by atoms with Gasteiger partial charge in [0, 0.05) is 25.7 Å². The van der Waals surface area contributed by atoms with Crippen LogP contribution in [-0.2, 0) is 47.5 Å². The van der Waals surface area contributed by atoms with Gasteiger partial charge in [-0.1, -0.05) is 49.8 Å². The Hall–Kier alpha value is -1.79. The van der Waals surface area contributed by atoms with E-state index in [9.17, 15) is 9.59 Å². The first kappa shape index (κ1) is 32.1. The van der Waals surface area contributed by atoms with Gasteiger partial charge in [-0.2, -0.15) is 0 Å². The summed E-state index contributed by atoms with van der Waals surface area (Å²) < 4.78 is 47.4. The van der Waals surface area contributed by atoms with Crippen LogP contribution in [0.2, 0.25) is 0 Å². The molecule has 0 radical (unpaired) electrons. The first-order valence-corrected chi connectivity index (χ1v) is 14.6. The molecule has 4 bridgehead atoms. The van der Waals surface area contributed by atoms with E-state index in [0.717, 1.165) is 0 Å². The van der Waals surface area contributed by atoms with Gasteiger partial charge in [0.05, 0.1) is 25.7 Å². The van der Waals surface area contributed by atoms with Crippen LogP contribution in [0, 0.1) is 11.8 Å². The van der Waals surface area contributed by atoms with Gasteiger partial charge in [0.2, 0.25) is 0 Å². The predicted octanol–water partition coefficient (Wildman–Crippen LogP) is 3.85. The summed E-state index contributed by atoms with van der Waals surface area (Å²) in [6, 6.07) is 0. The Kier molecular flexibility index (Phi) is 10.7. The van der Waals surface area contributed by atoms with E-state index < -0.39 is 60.6 Å². The Morgan fingerprint density at radius 1 is 1.12 bits per heavy atom. The van der Waals surface area contributed by atoms with Crippen LogP contribution in [0.4, 0.5) is 0 Å². The van der Waals surface area contributed by atoms with Gasteiger partial charge in [-0.25, -0.2) is 4.79 Å². The van der Waals surface area contributed by atoms with Crippen molar-refractivity contribution in [2.24, 2.45) is 11.8 Å². The van der Waals surface area contributed by atoms with Crippen molar-refractivity contribution in [2.45, 2.75) is 108 Å². The summed E-state index contributed by atoms with van der Waals surface area (Å²) in [7, 11) is 4.47. The highest BCUT2D eigenvalue weighted by atomic mass is 35.5. The summed E-state index contributed by atoms with van der Waals surface area (Å²) in [6.45, 7) is 7.58. The minimum atomic E-state index is -0.809. The molecule has 4 aliphatic heterocycles. The maximum absolute atomic E-state index is 13.6. The number of rotatable bonds is 7. The van der Waals surface area contributed by atoms with Crippen LogP contribution in [0.25, 0.3) is 0 Å². The Labute approximate surface area is 247 Å². The fourth-order valence-electron chi connectivity index (χ4n) is 5.97. The SMILES string of the molecule is COC(=O)C[C@@H](C)/C=C/[C@@H](OC)[C@@H]1O[C@@H]2C[C@@H]1OC(=O)[C@@H]1O[C@H](C[C@H]1C)[C@H]1OC(C)(C)O[C@@H]1/C=C\C=C(/Cl)[C@H]2OC. The molecule has 230 valence electrons. The van der Waals surface area contributed by atoms with Gasteiger partial charge in [-0.3, -0.25) is 4.79 Å². The number of fused-ring (bicyclic) bond motifs is 6. The van der Waals surface area contributed by atoms with Gasteiger partial charge in [-0.15, -0.1) is 0 Å². The number of hydrogen-bond acceptors (Lipinski definition) is 10. The van der Waals surface area contributed by atoms with Crippen LogP contribution in [-0.4, -0.2) is 94.0 Å². The monoisotopic (exact) mass is 598 g/mol. The molecule has 41 heavy (non-hydrogen) atoms. The number of allylic oxidation sites excluding steroid dienone is 3. The van der Waals surface area contributed by atoms with Crippen LogP contribution in [0.3, 0.4) is 0 Å². The first-order chi connectivity index (χ1) is 19.5. The van der Waals surface area contributed by atoms with E-state index in [1.807, 2.05) is 52.0 Å². The highest BCUT2D eigenvalue weighted by Gasteiger charge is 2.52. The van der Waals surface area contributed by atoms with E-state index in [1.165, 1.54) is 7.11 Å². The van der Waals surface area contributed by atoms with Crippen LogP contribution in [0.5, 0.6) is 0 Å². The molecule has 10 nitrogen and oxygen atoms in total. The van der Waals surface area contributed by atoms with Gasteiger partial charge in [0.25, 0.3) is 0 Å². The van der Waals surface area contributed by atoms with Crippen LogP contribution in [0.15, 0.2) is 35.4 Å². The smallest absolute Gasteiger partial charge is 0.335 e. The number of esters is 2. The fourth-order valence-corrected chi connectivity index (χ4v) is 6.28. The Balaban J connectivity index is 1.63. The summed E-state index contributed by atoms with van der Waals surface area (Å²) in [5.41, 5.74) is 0. The molecule has 0 saturated carbocycles. The third-order valence-corrected chi connectivity index (χ3v) is 8.34. The number of carbonyl (C=O) groups is 2. The summed E-state index contributed by atoms with van der Waals surface area (Å²) in [5, 5.41) is 0.423. The van der Waals surface area contributed by atoms with Gasteiger partial charge < -0.3 is 37.9 Å². The van der Waals surface area contributed by atoms with Crippen molar-refractivity contribution in [2.75, 3.05) is 21.3 Å². The van der Waals surface area contributed by atoms with E-state index >= 15 is 0 Å². The molecule has 4 aliphatic rings. The average Bonchev–Trinajstić information content (AvgIpc) is 3.59. The average molecular weight is 599 g/mol. The second-order valence-electron chi connectivity index (χ2n) is 11.7. The lowest BCUT2D eigenvalue weighted by Crippen LogP contribution is -2.41. The highest BCUT2D eigenvalue weighted by molar-refractivity contribution is 6.30. The molecule has 0 aromatic carbocycles. The molecule has 11 atom stereocenters. The number of halogens is 1. The molecular formula is C30H43ClO10. The number of hydrogen-bond donors (Lipinski definition) is 0. The quantitative estimate of drug-likeness (QED) is 0.317. The van der Waals surface area contributed by atoms with Crippen LogP contribution >= 0.6 is 11.6 Å². The lowest BCUT2D eigenvalue weighted by molar-refractivity contribution is -0.176. The molecule has 0 aromatic rings. The molecule has 4 rings (SSSR count). The zero-order valence-corrected chi connectivity index (χ0v) is 25.6. The molecule has 0 amide bonds. The Morgan fingerprint density at radius 3 is 2.56 bits per heavy atom. The number of carbonyl (C=O) groups excluding carboxylic acids is 2. The summed E-state index contributed by atoms with van der Waals surface area (Å²) in [5.74, 6) is -1.77. The molecule has 0 aromatic heterocycles. The number of ether oxygens (including phenoxy) is 8. The predicted molar refractivity (Wildman–Crippen MR) is 149 cm³/mol. The van der Waals surface area contributed by atoms with Crippen molar-refractivity contribution < 1.29 is 47.5 Å². The second-order valence-corrected chi connectivity index (χ2v) is 12.1. The van der Waals surface area contributed by atoms with Crippen molar-refractivity contribution in [3.05, 3.63) is 35.4 Å². The molecular weight excluding hydrogens is 556 g/mol. The molecule has 11 heteroatoms. The zero-order chi connectivity index (χ0) is 29.9. The lowest BCUT2D eigenvalue weighted by atomic mass is 9.97. The Morgan fingerprint density at radius 2 is 1.88 bits per heavy atom. The maximum atomic E-state index is 13.6. The molecule has 3 fully saturated rings. The standard InChI is InChI=1S/C30H43ClO10/c1-16(13-24(32)35-6)11-12-19(34-5)27-23-15-22(38-27)26(36-7)18(31)9-8-10-20-28(41-30(3,4)40-20)21-14-17(2)25(37-21)29(33)39-23/h8-12,16-17,19-23,25-28H,13-15H2,1-7H3/b10-8-,12-11+,18-9-/t16-,17+,19+,20+,21+,22+,23-,25+,26+,27-,28-/m0/s1. The van der Waals surface area contributed by atoms with Gasteiger partial charge >= 0.3 is 11.9 Å². The van der Waals surface area contributed by atoms with E-state index in [0.29, 0.717) is 17.9 Å². The summed E-state index contributed by atoms with van der Waals surface area (Å²) in [4.78, 5) is 25.2. The van der Waals surface area contributed by atoms with Crippen molar-refractivity contribution in [3.63, 3.8) is 0 Å². The van der Waals surface area contributed by atoms with Gasteiger partial charge in [0.15, 0.2) is 11.9 Å². The minimum absolute atomic E-state index is 0.0905. The largest absolute Gasteiger partial charge is 0.469 e. The van der Waals surface area contributed by atoms with E-state index in [2.05, 4.69) is 0 Å². The van der Waals surface area contributed by atoms with Crippen molar-refractivity contribution in [3.8, 4) is 0 Å². The normalized spacial score (nSPS) is 40.5. The number of methoxy groups -OCH3 is 3. The topological polar surface area (TPSA) is 108 Å². The van der Waals surface area contributed by atoms with Crippen molar-refractivity contribution in [1.29, 1.82) is 0 Å². The van der Waals surface area contributed by atoms with Crippen molar-refractivity contribution in [1.82, 2.24) is 0 Å². The van der Waals surface area contributed by atoms with Crippen LogP contribution < -0.4 is 0 Å². The summed E-state index contributed by atoms with van der Waals surface area (Å²) >= 11 is 6.72. The lowest BCUT2D eigenvalue weighted by Gasteiger charge is -2.27. The zero-order valence-electron chi connectivity index (χ0n) is 24.8. The van der Waals surface area contributed by atoms with Crippen LogP contribution in [0.1, 0.15) is 47.0 Å². The molecule has 0 N–H and O–H groups in total. The fraction of sp³-hybridized carbons (Fsp3) is 0.733. The molecule has 3 saturated heterocycles. The molecule has 4 heterocycles. The second kappa shape index (κ2) is 13.7. The van der Waals surface area contributed by atoms with Gasteiger partial charge in [-0.05, 0) is 38.2 Å². The van der Waals surface area contributed by atoms with Gasteiger partial charge in [0.1, 0.15) is 36.6 Å². The maximum Gasteiger partial charge on any atom is 0.335 e. The minimum Gasteiger partial charge on any atom is -0.469 e. The third-order valence-electron chi connectivity index (χ3n) is 8.00. The summed E-state index contributed by atoms with van der Waals surface area (Å²) in [6.07, 6.45) is 5.40. The molecule has 0 unspecified atom stereocenters. The third kappa shape index (κ3) is 7.60. The highest BCUT2D eigenvalue weighted by Crippen LogP contribution is 2.40. The first-order valence-electron chi connectivity index (χ1n) is 14.2. The molecule has 0 spiro atoms. The van der Waals surface area contributed by atoms with E-state index in [-0.39, 0.29) is 30.3 Å². The molecule has 0 aliphatic carbocycles. The van der Waals surface area contributed by atoms with Crippen molar-refractivity contribution >= 4 is 23.5 Å². The van der Waals surface area contributed by atoms with E-state index in [1.54, 1.807) is 20.3 Å².